The van der Waals surface area contributed by atoms with Crippen LogP contribution in [-0.4, -0.2) is 20.9 Å². The summed E-state index contributed by atoms with van der Waals surface area (Å²) in [6, 6.07) is 15.8. The van der Waals surface area contributed by atoms with E-state index in [9.17, 15) is 18.7 Å². The lowest BCUT2D eigenvalue weighted by molar-refractivity contribution is 0.105. The Morgan fingerprint density at radius 3 is 2.34 bits per heavy atom. The van der Waals surface area contributed by atoms with E-state index in [0.29, 0.717) is 22.8 Å². The second kappa shape index (κ2) is 7.20. The van der Waals surface area contributed by atoms with E-state index in [-0.39, 0.29) is 22.5 Å². The number of ketones is 1. The van der Waals surface area contributed by atoms with E-state index < -0.39 is 23.2 Å². The molecule has 0 unspecified atom stereocenters. The molecule has 7 heteroatoms. The van der Waals surface area contributed by atoms with Gasteiger partial charge in [0.15, 0.2) is 0 Å². The Morgan fingerprint density at radius 2 is 1.66 bits per heavy atom. The summed E-state index contributed by atoms with van der Waals surface area (Å²) in [6.45, 7) is 0. The fourth-order valence-electron chi connectivity index (χ4n) is 3.06. The Balaban J connectivity index is 1.96. The zero-order chi connectivity index (χ0) is 20.5. The third-order valence-corrected chi connectivity index (χ3v) is 4.37. The van der Waals surface area contributed by atoms with Crippen molar-refractivity contribution in [1.29, 1.82) is 0 Å². The second-order valence-corrected chi connectivity index (χ2v) is 6.44. The highest BCUT2D eigenvalue weighted by Gasteiger charge is 2.24. The number of aliphatic hydroxyl groups is 1. The van der Waals surface area contributed by atoms with E-state index in [1.165, 1.54) is 12.1 Å². The molecule has 3 aromatic carbocycles. The lowest BCUT2D eigenvalue weighted by atomic mass is 9.98. The van der Waals surface area contributed by atoms with Crippen LogP contribution in [0.3, 0.4) is 0 Å². The molecule has 144 valence electrons. The Morgan fingerprint density at radius 1 is 0.931 bits per heavy atom. The van der Waals surface area contributed by atoms with Gasteiger partial charge in [0.1, 0.15) is 28.8 Å². The molecule has 1 heterocycles. The van der Waals surface area contributed by atoms with Gasteiger partial charge < -0.3 is 15.8 Å². The molecule has 0 bridgehead atoms. The Bertz CT molecular complexity index is 1220. The van der Waals surface area contributed by atoms with Crippen LogP contribution in [0.4, 0.5) is 14.5 Å². The molecule has 0 saturated carbocycles. The molecular formula is C22H15F2N3O2. The van der Waals surface area contributed by atoms with Crippen molar-refractivity contribution in [3.05, 3.63) is 95.3 Å². The van der Waals surface area contributed by atoms with E-state index in [4.69, 9.17) is 5.73 Å². The second-order valence-electron chi connectivity index (χ2n) is 6.44. The van der Waals surface area contributed by atoms with E-state index in [0.717, 1.165) is 12.1 Å². The number of H-pyrrole nitrogens is 1. The minimum atomic E-state index is -0.882. The topological polar surface area (TPSA) is 92.0 Å². The molecule has 4 aromatic rings. The van der Waals surface area contributed by atoms with Gasteiger partial charge in [0.25, 0.3) is 0 Å². The molecule has 0 aliphatic heterocycles. The van der Waals surface area contributed by atoms with Crippen LogP contribution in [0.1, 0.15) is 21.7 Å². The van der Waals surface area contributed by atoms with Crippen LogP contribution >= 0.6 is 0 Å². The van der Waals surface area contributed by atoms with Crippen molar-refractivity contribution >= 4 is 33.8 Å². The molecule has 4 rings (SSSR count). The van der Waals surface area contributed by atoms with Gasteiger partial charge in [-0.25, -0.2) is 13.8 Å². The van der Waals surface area contributed by atoms with Crippen molar-refractivity contribution in [2.45, 2.75) is 0 Å². The van der Waals surface area contributed by atoms with Crippen LogP contribution in [0.5, 0.6) is 0 Å². The molecule has 0 spiro atoms. The number of halogens is 2. The number of para-hydroxylation sites is 2. The minimum absolute atomic E-state index is 0.0702. The summed E-state index contributed by atoms with van der Waals surface area (Å²) in [6.07, 6.45) is 0. The fourth-order valence-corrected chi connectivity index (χ4v) is 3.06. The highest BCUT2D eigenvalue weighted by molar-refractivity contribution is 6.33. The summed E-state index contributed by atoms with van der Waals surface area (Å²) in [5, 5.41) is 10.8. The number of hydrogen-bond donors (Lipinski definition) is 3. The lowest BCUT2D eigenvalue weighted by Gasteiger charge is -2.10. The number of aromatic nitrogens is 2. The predicted octanol–water partition coefficient (Wildman–Crippen LogP) is 4.73. The van der Waals surface area contributed by atoms with Crippen LogP contribution in [-0.2, 0) is 0 Å². The number of fused-ring (bicyclic) bond motifs is 1. The van der Waals surface area contributed by atoms with Gasteiger partial charge in [0, 0.05) is 22.9 Å². The molecular weight excluding hydrogens is 376 g/mol. The quantitative estimate of drug-likeness (QED) is 0.203. The number of benzene rings is 3. The zero-order valence-electron chi connectivity index (χ0n) is 15.0. The number of rotatable bonds is 4. The third-order valence-electron chi connectivity index (χ3n) is 4.37. The summed E-state index contributed by atoms with van der Waals surface area (Å²) in [5.41, 5.74) is 7.12. The predicted molar refractivity (Wildman–Crippen MR) is 107 cm³/mol. The minimum Gasteiger partial charge on any atom is -0.506 e. The number of nitrogen functional groups attached to an aromatic ring is 1. The van der Waals surface area contributed by atoms with Crippen molar-refractivity contribution in [1.82, 2.24) is 9.97 Å². The number of carbonyl (C=O) groups is 1. The first-order valence-corrected chi connectivity index (χ1v) is 8.67. The molecule has 4 N–H and O–H groups in total. The maximum absolute atomic E-state index is 13.7. The smallest absolute Gasteiger partial charge is 0.200 e. The van der Waals surface area contributed by atoms with Crippen molar-refractivity contribution in [3.8, 4) is 0 Å². The average Bonchev–Trinajstić information content (AvgIpc) is 3.10. The number of aliphatic hydroxyl groups excluding tert-OH is 1. The normalized spacial score (nSPS) is 12.1. The zero-order valence-corrected chi connectivity index (χ0v) is 15.0. The molecule has 5 nitrogen and oxygen atoms in total. The van der Waals surface area contributed by atoms with Gasteiger partial charge in [-0.05, 0) is 36.4 Å². The number of nitrogens with zero attached hydrogens (tertiary/aromatic N) is 1. The van der Waals surface area contributed by atoms with E-state index in [1.807, 2.05) is 0 Å². The number of nitrogens with one attached hydrogen (secondary N) is 1. The molecule has 0 saturated heterocycles. The SMILES string of the molecule is Nc1cccc(C(=O)C(=C(O)c2cc(F)cc(F)c2)c2nc3ccccc3[nH]2)c1. The van der Waals surface area contributed by atoms with E-state index in [1.54, 1.807) is 36.4 Å². The van der Waals surface area contributed by atoms with Gasteiger partial charge in [-0.1, -0.05) is 24.3 Å². The largest absolute Gasteiger partial charge is 0.506 e. The van der Waals surface area contributed by atoms with Gasteiger partial charge in [0.05, 0.1) is 11.0 Å². The molecule has 0 radical (unpaired) electrons. The monoisotopic (exact) mass is 391 g/mol. The van der Waals surface area contributed by atoms with Crippen molar-refractivity contribution < 1.29 is 18.7 Å². The van der Waals surface area contributed by atoms with Crippen molar-refractivity contribution in [2.24, 2.45) is 0 Å². The highest BCUT2D eigenvalue weighted by atomic mass is 19.1. The summed E-state index contributed by atoms with van der Waals surface area (Å²) >= 11 is 0. The van der Waals surface area contributed by atoms with E-state index >= 15 is 0 Å². The molecule has 0 fully saturated rings. The summed E-state index contributed by atoms with van der Waals surface area (Å²) in [5.74, 6) is -2.90. The number of aromatic amines is 1. The lowest BCUT2D eigenvalue weighted by Crippen LogP contribution is -2.08. The van der Waals surface area contributed by atoms with Crippen molar-refractivity contribution in [3.63, 3.8) is 0 Å². The van der Waals surface area contributed by atoms with Crippen LogP contribution in [0.15, 0.2) is 66.7 Å². The van der Waals surface area contributed by atoms with Gasteiger partial charge in [-0.2, -0.15) is 0 Å². The van der Waals surface area contributed by atoms with Crippen LogP contribution < -0.4 is 5.73 Å². The van der Waals surface area contributed by atoms with Crippen molar-refractivity contribution in [2.75, 3.05) is 5.73 Å². The summed E-state index contributed by atoms with van der Waals surface area (Å²) in [4.78, 5) is 20.6. The molecule has 1 aromatic heterocycles. The first-order valence-electron chi connectivity index (χ1n) is 8.67. The number of carbonyl (C=O) groups excluding carboxylic acids is 1. The number of imidazole rings is 1. The molecule has 0 atom stereocenters. The van der Waals surface area contributed by atoms with Gasteiger partial charge in [0.2, 0.25) is 5.78 Å². The molecule has 0 aliphatic carbocycles. The number of Topliss-reactive ketones (excluding diaryl/α,β-unsaturated/α-hetero) is 1. The Kier molecular flexibility index (Phi) is 4.56. The maximum Gasteiger partial charge on any atom is 0.200 e. The van der Waals surface area contributed by atoms with Crippen LogP contribution in [0.2, 0.25) is 0 Å². The van der Waals surface area contributed by atoms with Crippen LogP contribution in [0.25, 0.3) is 22.4 Å². The number of nitrogens with two attached hydrogens (primary N) is 1. The Hall–Kier alpha value is -4.00. The first kappa shape index (κ1) is 18.4. The Labute approximate surface area is 164 Å². The summed E-state index contributed by atoms with van der Waals surface area (Å²) < 4.78 is 27.4. The fraction of sp³-hybridized carbons (Fsp3) is 0. The number of anilines is 1. The van der Waals surface area contributed by atoms with Gasteiger partial charge in [-0.15, -0.1) is 0 Å². The number of hydrogen-bond acceptors (Lipinski definition) is 4. The molecule has 29 heavy (non-hydrogen) atoms. The van der Waals surface area contributed by atoms with Gasteiger partial charge in [-0.3, -0.25) is 4.79 Å². The average molecular weight is 391 g/mol. The third kappa shape index (κ3) is 3.58. The number of allylic oxidation sites excluding steroid dienone is 1. The van der Waals surface area contributed by atoms with E-state index in [2.05, 4.69) is 9.97 Å². The molecule has 0 aliphatic rings. The first-order chi connectivity index (χ1) is 13.9. The van der Waals surface area contributed by atoms with Crippen LogP contribution in [0, 0.1) is 11.6 Å². The molecule has 0 amide bonds. The summed E-state index contributed by atoms with van der Waals surface area (Å²) in [7, 11) is 0. The van der Waals surface area contributed by atoms with Gasteiger partial charge >= 0.3 is 0 Å². The maximum atomic E-state index is 13.7. The standard InChI is InChI=1S/C22H15F2N3O2/c23-14-8-13(9-15(24)11-14)21(29)19(20(28)12-4-3-5-16(25)10-12)22-26-17-6-1-2-7-18(17)27-22/h1-11,29H,25H2,(H,26,27). The highest BCUT2D eigenvalue weighted by Crippen LogP contribution is 2.29.